The van der Waals surface area contributed by atoms with Crippen molar-refractivity contribution in [2.75, 3.05) is 19.5 Å². The predicted octanol–water partition coefficient (Wildman–Crippen LogP) is 3.04. The Kier molecular flexibility index (Phi) is 3.06. The Bertz CT molecular complexity index is 263. The van der Waals surface area contributed by atoms with Gasteiger partial charge in [0.15, 0.2) is 0 Å². The van der Waals surface area contributed by atoms with Crippen molar-refractivity contribution in [1.29, 1.82) is 0 Å². The van der Waals surface area contributed by atoms with Crippen molar-refractivity contribution in [2.24, 2.45) is 0 Å². The molecule has 0 saturated heterocycles. The third kappa shape index (κ3) is 1.76. The van der Waals surface area contributed by atoms with E-state index in [0.717, 1.165) is 5.69 Å². The van der Waals surface area contributed by atoms with Gasteiger partial charge in [0.25, 0.3) is 0 Å². The number of hydrogen-bond donors (Lipinski definition) is 1. The highest BCUT2D eigenvalue weighted by Crippen LogP contribution is 2.33. The van der Waals surface area contributed by atoms with Crippen molar-refractivity contribution in [3.63, 3.8) is 0 Å². The zero-order valence-electron chi connectivity index (χ0n) is 6.82. The molecule has 0 aliphatic rings. The first-order chi connectivity index (χ1) is 5.69. The molecule has 0 radical (unpaired) electrons. The molecule has 0 aromatic heterocycles. The summed E-state index contributed by atoms with van der Waals surface area (Å²) >= 11 is 11.7. The van der Waals surface area contributed by atoms with E-state index in [1.165, 1.54) is 0 Å². The van der Waals surface area contributed by atoms with Gasteiger partial charge in [-0.1, -0.05) is 23.2 Å². The number of methoxy groups -OCH3 is 1. The van der Waals surface area contributed by atoms with Gasteiger partial charge in [-0.15, -0.1) is 0 Å². The van der Waals surface area contributed by atoms with Gasteiger partial charge in [-0.2, -0.15) is 0 Å². The van der Waals surface area contributed by atoms with E-state index in [4.69, 9.17) is 27.9 Å². The summed E-state index contributed by atoms with van der Waals surface area (Å²) in [6, 6.07) is 3.40. The highest BCUT2D eigenvalue weighted by Gasteiger charge is 2.05. The third-order valence-corrected chi connectivity index (χ3v) is 2.12. The Labute approximate surface area is 81.4 Å². The molecule has 1 rings (SSSR count). The monoisotopic (exact) mass is 205 g/mol. The molecule has 66 valence electrons. The molecule has 0 fully saturated rings. The van der Waals surface area contributed by atoms with Crippen molar-refractivity contribution < 1.29 is 4.74 Å². The molecule has 1 aromatic carbocycles. The van der Waals surface area contributed by atoms with Crippen LogP contribution in [0.15, 0.2) is 12.1 Å². The van der Waals surface area contributed by atoms with Crippen LogP contribution < -0.4 is 10.1 Å². The fourth-order valence-corrected chi connectivity index (χ4v) is 1.43. The molecular weight excluding hydrogens is 197 g/mol. The van der Waals surface area contributed by atoms with Crippen molar-refractivity contribution in [3.8, 4) is 5.75 Å². The second-order valence-electron chi connectivity index (χ2n) is 2.22. The molecule has 0 spiro atoms. The van der Waals surface area contributed by atoms with Crippen LogP contribution in [0, 0.1) is 0 Å². The molecule has 0 amide bonds. The summed E-state index contributed by atoms with van der Waals surface area (Å²) in [5.74, 6) is 0.616. The number of rotatable bonds is 2. The standard InChI is InChI=1S/C8H9Cl2NO/c1-11-7-4-8(12-2)6(10)3-5(7)9/h3-4,11H,1-2H3. The van der Waals surface area contributed by atoms with Crippen LogP contribution >= 0.6 is 23.2 Å². The van der Waals surface area contributed by atoms with E-state index in [-0.39, 0.29) is 0 Å². The van der Waals surface area contributed by atoms with Crippen molar-refractivity contribution in [2.45, 2.75) is 0 Å². The smallest absolute Gasteiger partial charge is 0.139 e. The van der Waals surface area contributed by atoms with Crippen LogP contribution in [0.3, 0.4) is 0 Å². The quantitative estimate of drug-likeness (QED) is 0.802. The van der Waals surface area contributed by atoms with Gasteiger partial charge >= 0.3 is 0 Å². The van der Waals surface area contributed by atoms with Crippen molar-refractivity contribution in [1.82, 2.24) is 0 Å². The highest BCUT2D eigenvalue weighted by molar-refractivity contribution is 6.37. The lowest BCUT2D eigenvalue weighted by molar-refractivity contribution is 0.415. The Morgan fingerprint density at radius 1 is 1.25 bits per heavy atom. The third-order valence-electron chi connectivity index (χ3n) is 1.51. The number of halogens is 2. The van der Waals surface area contributed by atoms with Crippen LogP contribution in [0.4, 0.5) is 5.69 Å². The minimum atomic E-state index is 0.515. The lowest BCUT2D eigenvalue weighted by Gasteiger charge is -2.07. The fourth-order valence-electron chi connectivity index (χ4n) is 0.877. The summed E-state index contributed by atoms with van der Waals surface area (Å²) in [4.78, 5) is 0. The van der Waals surface area contributed by atoms with E-state index in [9.17, 15) is 0 Å². The van der Waals surface area contributed by atoms with Crippen molar-refractivity contribution >= 4 is 28.9 Å². The number of anilines is 1. The van der Waals surface area contributed by atoms with Crippen LogP contribution in [0.5, 0.6) is 5.75 Å². The fraction of sp³-hybridized carbons (Fsp3) is 0.250. The van der Waals surface area contributed by atoms with E-state index in [0.29, 0.717) is 15.8 Å². The van der Waals surface area contributed by atoms with Gasteiger partial charge in [0.2, 0.25) is 0 Å². The number of benzene rings is 1. The molecule has 0 bridgehead atoms. The van der Waals surface area contributed by atoms with Crippen LogP contribution in [-0.4, -0.2) is 14.2 Å². The van der Waals surface area contributed by atoms with E-state index >= 15 is 0 Å². The SMILES string of the molecule is CNc1cc(OC)c(Cl)cc1Cl. The van der Waals surface area contributed by atoms with Crippen LogP contribution in [0.2, 0.25) is 10.0 Å². The Balaban J connectivity index is 3.18. The average molecular weight is 206 g/mol. The summed E-state index contributed by atoms with van der Waals surface area (Å²) in [7, 11) is 3.35. The van der Waals surface area contributed by atoms with Crippen LogP contribution in [0.1, 0.15) is 0 Å². The Hall–Kier alpha value is -0.600. The van der Waals surface area contributed by atoms with Gasteiger partial charge < -0.3 is 10.1 Å². The topological polar surface area (TPSA) is 21.3 Å². The summed E-state index contributed by atoms with van der Waals surface area (Å²) in [6.07, 6.45) is 0. The molecule has 2 nitrogen and oxygen atoms in total. The zero-order chi connectivity index (χ0) is 9.14. The first-order valence-electron chi connectivity index (χ1n) is 3.40. The van der Waals surface area contributed by atoms with E-state index < -0.39 is 0 Å². The minimum absolute atomic E-state index is 0.515. The first kappa shape index (κ1) is 9.49. The van der Waals surface area contributed by atoms with Crippen LogP contribution in [0.25, 0.3) is 0 Å². The van der Waals surface area contributed by atoms with Gasteiger partial charge in [-0.05, 0) is 6.07 Å². The minimum Gasteiger partial charge on any atom is -0.495 e. The Morgan fingerprint density at radius 2 is 1.92 bits per heavy atom. The molecule has 0 atom stereocenters. The normalized spacial score (nSPS) is 9.67. The summed E-state index contributed by atoms with van der Waals surface area (Å²) in [5, 5.41) is 4.03. The summed E-state index contributed by atoms with van der Waals surface area (Å²) in [6.45, 7) is 0. The average Bonchev–Trinajstić information content (AvgIpc) is 2.05. The molecule has 1 N–H and O–H groups in total. The maximum absolute atomic E-state index is 5.86. The maximum atomic E-state index is 5.86. The van der Waals surface area contributed by atoms with E-state index in [2.05, 4.69) is 5.32 Å². The second kappa shape index (κ2) is 3.87. The van der Waals surface area contributed by atoms with Crippen molar-refractivity contribution in [3.05, 3.63) is 22.2 Å². The lowest BCUT2D eigenvalue weighted by atomic mass is 10.3. The molecular formula is C8H9Cl2NO. The lowest BCUT2D eigenvalue weighted by Crippen LogP contribution is -1.91. The maximum Gasteiger partial charge on any atom is 0.139 e. The van der Waals surface area contributed by atoms with Gasteiger partial charge in [0, 0.05) is 13.1 Å². The predicted molar refractivity (Wildman–Crippen MR) is 52.6 cm³/mol. The molecule has 0 heterocycles. The first-order valence-corrected chi connectivity index (χ1v) is 4.15. The molecule has 0 aliphatic carbocycles. The van der Waals surface area contributed by atoms with Gasteiger partial charge in [0.05, 0.1) is 22.8 Å². The molecule has 4 heteroatoms. The molecule has 0 unspecified atom stereocenters. The second-order valence-corrected chi connectivity index (χ2v) is 3.03. The van der Waals surface area contributed by atoms with E-state index in [1.807, 2.05) is 0 Å². The molecule has 0 aliphatic heterocycles. The molecule has 1 aromatic rings. The Morgan fingerprint density at radius 3 is 2.42 bits per heavy atom. The molecule has 12 heavy (non-hydrogen) atoms. The number of ether oxygens (including phenoxy) is 1. The van der Waals surface area contributed by atoms with Gasteiger partial charge in [-0.3, -0.25) is 0 Å². The summed E-state index contributed by atoms with van der Waals surface area (Å²) in [5.41, 5.74) is 0.804. The van der Waals surface area contributed by atoms with Gasteiger partial charge in [-0.25, -0.2) is 0 Å². The highest BCUT2D eigenvalue weighted by atomic mass is 35.5. The van der Waals surface area contributed by atoms with Crippen LogP contribution in [-0.2, 0) is 0 Å². The summed E-state index contributed by atoms with van der Waals surface area (Å²) < 4.78 is 5.01. The molecule has 0 saturated carbocycles. The van der Waals surface area contributed by atoms with Gasteiger partial charge in [0.1, 0.15) is 5.75 Å². The number of hydrogen-bond acceptors (Lipinski definition) is 2. The largest absolute Gasteiger partial charge is 0.495 e. The van der Waals surface area contributed by atoms with E-state index in [1.54, 1.807) is 26.3 Å². The zero-order valence-corrected chi connectivity index (χ0v) is 8.33. The number of nitrogens with one attached hydrogen (secondary N) is 1.